The highest BCUT2D eigenvalue weighted by Gasteiger charge is 2.42. The van der Waals surface area contributed by atoms with Gasteiger partial charge >= 0.3 is 18.1 Å². The molecule has 0 radical (unpaired) electrons. The molecule has 0 aromatic heterocycles. The van der Waals surface area contributed by atoms with Gasteiger partial charge in [-0.2, -0.15) is 13.2 Å². The van der Waals surface area contributed by atoms with Crippen LogP contribution in [0.2, 0.25) is 0 Å². The van der Waals surface area contributed by atoms with Crippen LogP contribution < -0.4 is 5.32 Å². The summed E-state index contributed by atoms with van der Waals surface area (Å²) in [6.07, 6.45) is -5.92. The molecule has 1 rings (SSSR count). The Kier molecular flexibility index (Phi) is 14.1. The molecule has 2 N–H and O–H groups in total. The van der Waals surface area contributed by atoms with Crippen molar-refractivity contribution in [3.63, 3.8) is 0 Å². The molecule has 2 amide bonds. The normalized spacial score (nSPS) is 13.7. The number of nitrogens with zero attached hydrogens (tertiary/aromatic N) is 1. The summed E-state index contributed by atoms with van der Waals surface area (Å²) in [6, 6.07) is 5.61. The van der Waals surface area contributed by atoms with Gasteiger partial charge in [0.15, 0.2) is 0 Å². The van der Waals surface area contributed by atoms with Crippen molar-refractivity contribution in [2.75, 3.05) is 13.7 Å². The monoisotopic (exact) mass is 490 g/mol. The summed E-state index contributed by atoms with van der Waals surface area (Å²) in [7, 11) is 1.15. The molecule has 10 heteroatoms. The fourth-order valence-corrected chi connectivity index (χ4v) is 3.17. The summed E-state index contributed by atoms with van der Waals surface area (Å²) in [5, 5.41) is 11.5. The molecule has 0 bridgehead atoms. The van der Waals surface area contributed by atoms with Crippen molar-refractivity contribution in [1.29, 1.82) is 0 Å². The average Bonchev–Trinajstić information content (AvgIpc) is 2.78. The zero-order valence-electron chi connectivity index (χ0n) is 20.7. The van der Waals surface area contributed by atoms with Crippen LogP contribution in [0.25, 0.3) is 0 Å². The van der Waals surface area contributed by atoms with Gasteiger partial charge in [-0.05, 0) is 31.2 Å². The molecular formula is C24H37F3N2O5. The number of hydrogen-bond acceptors (Lipinski definition) is 5. The maximum atomic E-state index is 13.4. The first kappa shape index (κ1) is 31.4. The molecule has 1 aromatic rings. The minimum Gasteiger partial charge on any atom is -0.467 e. The molecule has 0 spiro atoms. The second kappa shape index (κ2) is 15.3. The van der Waals surface area contributed by atoms with Gasteiger partial charge in [0.05, 0.1) is 13.2 Å². The van der Waals surface area contributed by atoms with E-state index in [0.29, 0.717) is 5.56 Å². The summed E-state index contributed by atoms with van der Waals surface area (Å²) in [5.41, 5.74) is 0.530. The number of alkyl halides is 3. The van der Waals surface area contributed by atoms with Gasteiger partial charge in [0.2, 0.25) is 5.91 Å². The summed E-state index contributed by atoms with van der Waals surface area (Å²) in [4.78, 5) is 38.6. The first-order chi connectivity index (χ1) is 15.9. The second-order valence-corrected chi connectivity index (χ2v) is 8.05. The highest BCUT2D eigenvalue weighted by atomic mass is 19.4. The Morgan fingerprint density at radius 2 is 1.65 bits per heavy atom. The van der Waals surface area contributed by atoms with Crippen LogP contribution in [-0.2, 0) is 25.5 Å². The number of carbonyl (C=O) groups excluding carboxylic acids is 3. The minimum atomic E-state index is -5.18. The van der Waals surface area contributed by atoms with Crippen molar-refractivity contribution in [1.82, 2.24) is 10.2 Å². The lowest BCUT2D eigenvalue weighted by Gasteiger charge is -2.34. The quantitative estimate of drug-likeness (QED) is 0.463. The van der Waals surface area contributed by atoms with Crippen LogP contribution in [0.3, 0.4) is 0 Å². The third-order valence-corrected chi connectivity index (χ3v) is 4.76. The molecule has 34 heavy (non-hydrogen) atoms. The molecule has 1 aromatic carbocycles. The lowest BCUT2D eigenvalue weighted by Crippen LogP contribution is -2.57. The van der Waals surface area contributed by atoms with E-state index in [-0.39, 0.29) is 31.7 Å². The van der Waals surface area contributed by atoms with E-state index in [1.165, 1.54) is 6.92 Å². The molecule has 0 aliphatic heterocycles. The number of amides is 2. The standard InChI is InChI=1S/C22H31F3N2O5.C2H6/c1-14(2)12-18(20(30)32-4)27(11-10-15(3)28)19(29)17(26-21(31)22(23,24)25)13-16-8-6-5-7-9-16;1-2/h5-9,14-15,17-18,28H,10-13H2,1-4H3,(H,26,31);1-2H3/t15?,17?,18-;/m0./s1. The maximum Gasteiger partial charge on any atom is 0.471 e. The van der Waals surface area contributed by atoms with Gasteiger partial charge in [0, 0.05) is 13.0 Å². The van der Waals surface area contributed by atoms with Gasteiger partial charge in [-0.1, -0.05) is 58.0 Å². The molecule has 0 aliphatic rings. The molecule has 7 nitrogen and oxygen atoms in total. The van der Waals surface area contributed by atoms with E-state index in [1.807, 2.05) is 27.7 Å². The van der Waals surface area contributed by atoms with Crippen LogP contribution >= 0.6 is 0 Å². The van der Waals surface area contributed by atoms with Crippen molar-refractivity contribution in [3.05, 3.63) is 35.9 Å². The summed E-state index contributed by atoms with van der Waals surface area (Å²) < 4.78 is 43.6. The zero-order chi connectivity index (χ0) is 26.5. The van der Waals surface area contributed by atoms with Crippen molar-refractivity contribution >= 4 is 17.8 Å². The van der Waals surface area contributed by atoms with E-state index in [9.17, 15) is 32.7 Å². The molecule has 194 valence electrons. The van der Waals surface area contributed by atoms with Gasteiger partial charge in [-0.15, -0.1) is 0 Å². The molecule has 0 fully saturated rings. The van der Waals surface area contributed by atoms with E-state index in [4.69, 9.17) is 4.74 Å². The molecular weight excluding hydrogens is 453 g/mol. The number of methoxy groups -OCH3 is 1. The van der Waals surface area contributed by atoms with Crippen molar-refractivity contribution < 1.29 is 37.4 Å². The predicted octanol–water partition coefficient (Wildman–Crippen LogP) is 3.49. The van der Waals surface area contributed by atoms with Gasteiger partial charge in [-0.3, -0.25) is 9.59 Å². The number of ether oxygens (including phenoxy) is 1. The summed E-state index contributed by atoms with van der Waals surface area (Å²) in [6.45, 7) is 9.03. The number of hydrogen-bond donors (Lipinski definition) is 2. The largest absolute Gasteiger partial charge is 0.471 e. The Bertz CT molecular complexity index is 755. The van der Waals surface area contributed by atoms with Crippen LogP contribution in [0.1, 0.15) is 53.0 Å². The molecule has 0 saturated heterocycles. The van der Waals surface area contributed by atoms with E-state index < -0.39 is 42.1 Å². The molecule has 0 heterocycles. The Balaban J connectivity index is 0.00000529. The number of benzene rings is 1. The molecule has 3 atom stereocenters. The number of aliphatic hydroxyl groups excluding tert-OH is 1. The lowest BCUT2D eigenvalue weighted by atomic mass is 9.99. The number of carbonyl (C=O) groups is 3. The van der Waals surface area contributed by atoms with E-state index >= 15 is 0 Å². The first-order valence-corrected chi connectivity index (χ1v) is 11.3. The zero-order valence-corrected chi connectivity index (χ0v) is 20.7. The van der Waals surface area contributed by atoms with Gasteiger partial charge in [-0.25, -0.2) is 4.79 Å². The summed E-state index contributed by atoms with van der Waals surface area (Å²) >= 11 is 0. The topological polar surface area (TPSA) is 95.9 Å². The Hall–Kier alpha value is -2.62. The average molecular weight is 491 g/mol. The Morgan fingerprint density at radius 3 is 2.09 bits per heavy atom. The first-order valence-electron chi connectivity index (χ1n) is 11.3. The van der Waals surface area contributed by atoms with Crippen LogP contribution in [0.4, 0.5) is 13.2 Å². The van der Waals surface area contributed by atoms with Crippen molar-refractivity contribution in [2.24, 2.45) is 5.92 Å². The number of esters is 1. The Labute approximate surface area is 199 Å². The molecule has 0 saturated carbocycles. The van der Waals surface area contributed by atoms with E-state index in [0.717, 1.165) is 12.0 Å². The number of rotatable bonds is 11. The predicted molar refractivity (Wildman–Crippen MR) is 123 cm³/mol. The van der Waals surface area contributed by atoms with Crippen LogP contribution in [0, 0.1) is 5.92 Å². The Morgan fingerprint density at radius 1 is 1.09 bits per heavy atom. The fourth-order valence-electron chi connectivity index (χ4n) is 3.17. The smallest absolute Gasteiger partial charge is 0.467 e. The lowest BCUT2D eigenvalue weighted by molar-refractivity contribution is -0.175. The maximum absolute atomic E-state index is 13.4. The third kappa shape index (κ3) is 11.0. The number of aliphatic hydroxyl groups is 1. The van der Waals surface area contributed by atoms with Crippen LogP contribution in [0.5, 0.6) is 0 Å². The fraction of sp³-hybridized carbons (Fsp3) is 0.625. The van der Waals surface area contributed by atoms with Crippen LogP contribution in [0.15, 0.2) is 30.3 Å². The van der Waals surface area contributed by atoms with Crippen LogP contribution in [-0.4, -0.2) is 65.8 Å². The van der Waals surface area contributed by atoms with Crippen molar-refractivity contribution in [3.8, 4) is 0 Å². The SMILES string of the molecule is CC.COC(=O)[C@H](CC(C)C)N(CCC(C)O)C(=O)C(Cc1ccccc1)NC(=O)C(F)(F)F. The second-order valence-electron chi connectivity index (χ2n) is 8.05. The van der Waals surface area contributed by atoms with E-state index in [1.54, 1.807) is 35.6 Å². The van der Waals surface area contributed by atoms with Gasteiger partial charge < -0.3 is 20.1 Å². The van der Waals surface area contributed by atoms with E-state index in [2.05, 4.69) is 0 Å². The van der Waals surface area contributed by atoms with Gasteiger partial charge in [0.1, 0.15) is 12.1 Å². The number of nitrogens with one attached hydrogen (secondary N) is 1. The highest BCUT2D eigenvalue weighted by molar-refractivity contribution is 5.92. The number of halogens is 3. The highest BCUT2D eigenvalue weighted by Crippen LogP contribution is 2.19. The summed E-state index contributed by atoms with van der Waals surface area (Å²) in [5.74, 6) is -3.87. The van der Waals surface area contributed by atoms with Crippen molar-refractivity contribution in [2.45, 2.75) is 78.2 Å². The molecule has 2 unspecified atom stereocenters. The van der Waals surface area contributed by atoms with Gasteiger partial charge in [0.25, 0.3) is 0 Å². The molecule has 0 aliphatic carbocycles. The third-order valence-electron chi connectivity index (χ3n) is 4.76. The minimum absolute atomic E-state index is 0.0433.